The van der Waals surface area contributed by atoms with Crippen LogP contribution in [0.25, 0.3) is 0 Å². The Morgan fingerprint density at radius 2 is 2.29 bits per heavy atom. The van der Waals surface area contributed by atoms with E-state index in [0.29, 0.717) is 0 Å². The van der Waals surface area contributed by atoms with Gasteiger partial charge in [-0.15, -0.1) is 5.10 Å². The van der Waals surface area contributed by atoms with Crippen molar-refractivity contribution in [3.05, 3.63) is 11.9 Å². The Labute approximate surface area is 103 Å². The van der Waals surface area contributed by atoms with Crippen LogP contribution in [0.3, 0.4) is 0 Å². The summed E-state index contributed by atoms with van der Waals surface area (Å²) in [5.41, 5.74) is 1.01. The van der Waals surface area contributed by atoms with Crippen molar-refractivity contribution in [2.75, 3.05) is 20.1 Å². The van der Waals surface area contributed by atoms with E-state index in [2.05, 4.69) is 27.5 Å². The van der Waals surface area contributed by atoms with Crippen LogP contribution >= 0.6 is 0 Å². The molecule has 0 aliphatic carbocycles. The second-order valence-electron chi connectivity index (χ2n) is 4.88. The summed E-state index contributed by atoms with van der Waals surface area (Å²) in [6, 6.07) is 0.726. The molecule has 1 fully saturated rings. The smallest absolute Gasteiger partial charge is 0.0964 e. The fraction of sp³-hybridized carbons (Fsp3) is 0.833. The number of nitrogens with zero attached hydrogens (tertiary/aromatic N) is 4. The Morgan fingerprint density at radius 1 is 1.41 bits per heavy atom. The Kier molecular flexibility index (Phi) is 4.50. The third-order valence-electron chi connectivity index (χ3n) is 3.50. The van der Waals surface area contributed by atoms with E-state index in [1.165, 1.54) is 25.8 Å². The zero-order valence-corrected chi connectivity index (χ0v) is 10.9. The molecule has 2 rings (SSSR count). The van der Waals surface area contributed by atoms with Gasteiger partial charge in [-0.05, 0) is 33.4 Å². The van der Waals surface area contributed by atoms with Crippen molar-refractivity contribution >= 4 is 0 Å². The van der Waals surface area contributed by atoms with Gasteiger partial charge in [0, 0.05) is 25.3 Å². The Hall–Kier alpha value is -0.940. The van der Waals surface area contributed by atoms with Gasteiger partial charge in [-0.2, -0.15) is 0 Å². The number of likely N-dealkylation sites (tertiary alicyclic amines) is 1. The van der Waals surface area contributed by atoms with Crippen LogP contribution in [-0.4, -0.2) is 46.1 Å². The van der Waals surface area contributed by atoms with Crippen molar-refractivity contribution in [2.45, 2.75) is 45.3 Å². The third kappa shape index (κ3) is 3.51. The number of aromatic nitrogens is 3. The summed E-state index contributed by atoms with van der Waals surface area (Å²) in [7, 11) is 1.93. The van der Waals surface area contributed by atoms with Gasteiger partial charge in [-0.3, -0.25) is 9.58 Å². The average Bonchev–Trinajstić information content (AvgIpc) is 2.76. The topological polar surface area (TPSA) is 46.0 Å². The van der Waals surface area contributed by atoms with Gasteiger partial charge in [0.05, 0.1) is 12.2 Å². The average molecular weight is 237 g/mol. The zero-order valence-electron chi connectivity index (χ0n) is 10.9. The van der Waals surface area contributed by atoms with Crippen LogP contribution in [0, 0.1) is 0 Å². The summed E-state index contributed by atoms with van der Waals surface area (Å²) in [5, 5.41) is 11.3. The molecule has 0 saturated carbocycles. The molecule has 1 aliphatic rings. The molecule has 17 heavy (non-hydrogen) atoms. The van der Waals surface area contributed by atoms with Crippen LogP contribution in [0.15, 0.2) is 6.20 Å². The van der Waals surface area contributed by atoms with E-state index in [-0.39, 0.29) is 0 Å². The molecular formula is C12H23N5. The minimum absolute atomic E-state index is 0.726. The van der Waals surface area contributed by atoms with Gasteiger partial charge in [-0.25, -0.2) is 0 Å². The quantitative estimate of drug-likeness (QED) is 0.825. The lowest BCUT2D eigenvalue weighted by molar-refractivity contribution is 0.153. The Bertz CT molecular complexity index is 335. The lowest BCUT2D eigenvalue weighted by atomic mass is 10.0. The van der Waals surface area contributed by atoms with E-state index in [4.69, 9.17) is 0 Å². The molecule has 5 heteroatoms. The summed E-state index contributed by atoms with van der Waals surface area (Å²) in [6.07, 6.45) is 6.09. The first-order valence-electron chi connectivity index (χ1n) is 6.57. The van der Waals surface area contributed by atoms with Crippen molar-refractivity contribution in [1.29, 1.82) is 0 Å². The van der Waals surface area contributed by atoms with Crippen LogP contribution in [0.1, 0.15) is 31.9 Å². The molecule has 2 heterocycles. The molecule has 1 aliphatic heterocycles. The molecule has 1 unspecified atom stereocenters. The highest BCUT2D eigenvalue weighted by molar-refractivity contribution is 4.91. The molecule has 0 bridgehead atoms. The maximum atomic E-state index is 4.14. The fourth-order valence-corrected chi connectivity index (χ4v) is 2.43. The van der Waals surface area contributed by atoms with Gasteiger partial charge in [0.15, 0.2) is 0 Å². The molecule has 1 saturated heterocycles. The number of piperidine rings is 1. The van der Waals surface area contributed by atoms with Gasteiger partial charge in [0.1, 0.15) is 0 Å². The SMILES string of the molecule is CNCc1cn(CCN2CCCCC2C)nn1. The minimum Gasteiger partial charge on any atom is -0.314 e. The Morgan fingerprint density at radius 3 is 3.06 bits per heavy atom. The van der Waals surface area contributed by atoms with Crippen LogP contribution in [0.4, 0.5) is 0 Å². The van der Waals surface area contributed by atoms with E-state index in [9.17, 15) is 0 Å². The molecule has 1 atom stereocenters. The van der Waals surface area contributed by atoms with Crippen molar-refractivity contribution in [2.24, 2.45) is 0 Å². The van der Waals surface area contributed by atoms with Crippen molar-refractivity contribution in [3.8, 4) is 0 Å². The second kappa shape index (κ2) is 6.12. The summed E-state index contributed by atoms with van der Waals surface area (Å²) in [6.45, 7) is 6.39. The van der Waals surface area contributed by atoms with Crippen LogP contribution in [0.5, 0.6) is 0 Å². The largest absolute Gasteiger partial charge is 0.314 e. The minimum atomic E-state index is 0.726. The molecule has 0 amide bonds. The summed E-state index contributed by atoms with van der Waals surface area (Å²) >= 11 is 0. The highest BCUT2D eigenvalue weighted by Gasteiger charge is 2.17. The second-order valence-corrected chi connectivity index (χ2v) is 4.88. The fourth-order valence-electron chi connectivity index (χ4n) is 2.43. The summed E-state index contributed by atoms with van der Waals surface area (Å²) in [5.74, 6) is 0. The standard InChI is InChI=1S/C12H23N5/c1-11-5-3-4-6-16(11)7-8-17-10-12(9-13-2)14-15-17/h10-11,13H,3-9H2,1-2H3. The predicted octanol–water partition coefficient (Wildman–Crippen LogP) is 0.872. The monoisotopic (exact) mass is 237 g/mol. The van der Waals surface area contributed by atoms with Crippen molar-refractivity contribution in [1.82, 2.24) is 25.2 Å². The normalized spacial score (nSPS) is 21.9. The predicted molar refractivity (Wildman–Crippen MR) is 67.7 cm³/mol. The van der Waals surface area contributed by atoms with Gasteiger partial charge in [-0.1, -0.05) is 11.6 Å². The number of rotatable bonds is 5. The van der Waals surface area contributed by atoms with E-state index < -0.39 is 0 Å². The summed E-state index contributed by atoms with van der Waals surface area (Å²) < 4.78 is 1.95. The first-order chi connectivity index (χ1) is 8.29. The van der Waals surface area contributed by atoms with E-state index in [1.54, 1.807) is 0 Å². The number of hydrogen-bond donors (Lipinski definition) is 1. The van der Waals surface area contributed by atoms with E-state index >= 15 is 0 Å². The van der Waals surface area contributed by atoms with Gasteiger partial charge in [0.25, 0.3) is 0 Å². The third-order valence-corrected chi connectivity index (χ3v) is 3.50. The first kappa shape index (κ1) is 12.5. The number of nitrogens with one attached hydrogen (secondary N) is 1. The van der Waals surface area contributed by atoms with Crippen LogP contribution in [-0.2, 0) is 13.1 Å². The molecule has 5 nitrogen and oxygen atoms in total. The molecule has 0 spiro atoms. The lowest BCUT2D eigenvalue weighted by Crippen LogP contribution is -2.39. The van der Waals surface area contributed by atoms with Crippen molar-refractivity contribution in [3.63, 3.8) is 0 Å². The molecule has 1 aromatic heterocycles. The molecule has 0 radical (unpaired) electrons. The molecular weight excluding hydrogens is 214 g/mol. The maximum Gasteiger partial charge on any atom is 0.0964 e. The molecule has 1 aromatic rings. The van der Waals surface area contributed by atoms with Crippen molar-refractivity contribution < 1.29 is 0 Å². The molecule has 0 aromatic carbocycles. The van der Waals surface area contributed by atoms with Gasteiger partial charge >= 0.3 is 0 Å². The maximum absolute atomic E-state index is 4.14. The number of hydrogen-bond acceptors (Lipinski definition) is 4. The molecule has 1 N–H and O–H groups in total. The zero-order chi connectivity index (χ0) is 12.1. The van der Waals surface area contributed by atoms with E-state index in [1.807, 2.05) is 17.9 Å². The molecule has 96 valence electrons. The van der Waals surface area contributed by atoms with Crippen LogP contribution < -0.4 is 5.32 Å². The van der Waals surface area contributed by atoms with E-state index in [0.717, 1.165) is 31.4 Å². The van der Waals surface area contributed by atoms with Gasteiger partial charge in [0.2, 0.25) is 0 Å². The first-order valence-corrected chi connectivity index (χ1v) is 6.57. The van der Waals surface area contributed by atoms with Crippen LogP contribution in [0.2, 0.25) is 0 Å². The Balaban J connectivity index is 1.79. The highest BCUT2D eigenvalue weighted by atomic mass is 15.4. The summed E-state index contributed by atoms with van der Waals surface area (Å²) in [4.78, 5) is 2.56. The lowest BCUT2D eigenvalue weighted by Gasteiger charge is -2.33. The van der Waals surface area contributed by atoms with Gasteiger partial charge < -0.3 is 5.32 Å². The highest BCUT2D eigenvalue weighted by Crippen LogP contribution is 2.15.